The maximum Gasteiger partial charge on any atom is 0.258 e. The number of nitrogens with zero attached hydrogens (tertiary/aromatic N) is 2. The largest absolute Gasteiger partial charge is 0.487 e. The third-order valence-corrected chi connectivity index (χ3v) is 4.45. The summed E-state index contributed by atoms with van der Waals surface area (Å²) in [6, 6.07) is 17.3. The van der Waals surface area contributed by atoms with Gasteiger partial charge in [-0.05, 0) is 61.0 Å². The van der Waals surface area contributed by atoms with Gasteiger partial charge in [-0.2, -0.15) is 0 Å². The lowest BCUT2D eigenvalue weighted by Crippen LogP contribution is -2.16. The van der Waals surface area contributed by atoms with Gasteiger partial charge in [-0.15, -0.1) is 0 Å². The highest BCUT2D eigenvalue weighted by Gasteiger charge is 2.08. The third-order valence-electron chi connectivity index (χ3n) is 4.45. The van der Waals surface area contributed by atoms with Gasteiger partial charge >= 0.3 is 0 Å². The van der Waals surface area contributed by atoms with E-state index >= 15 is 0 Å². The molecule has 2 aromatic carbocycles. The number of nitrogens with one attached hydrogen (secondary N) is 1. The van der Waals surface area contributed by atoms with Gasteiger partial charge in [0, 0.05) is 23.5 Å². The smallest absolute Gasteiger partial charge is 0.258 e. The van der Waals surface area contributed by atoms with Crippen LogP contribution in [0.4, 0.5) is 10.1 Å². The molecule has 2 heterocycles. The lowest BCUT2D eigenvalue weighted by Gasteiger charge is -2.09. The van der Waals surface area contributed by atoms with Gasteiger partial charge in [0.2, 0.25) is 0 Å². The standard InChI is InChI=1S/C23H18FN3O3/c1-15-5-10-21-25-19(12-22(28)27(21)13-15)14-30-20-8-6-18(7-9-20)26-23(29)16-3-2-4-17(24)11-16/h2-13H,14H2,1H3,(H,26,29). The van der Waals surface area contributed by atoms with Crippen LogP contribution in [0.5, 0.6) is 5.75 Å². The molecule has 1 amide bonds. The first kappa shape index (κ1) is 19.3. The Morgan fingerprint density at radius 1 is 1.10 bits per heavy atom. The zero-order valence-corrected chi connectivity index (χ0v) is 16.1. The number of fused-ring (bicyclic) bond motifs is 1. The van der Waals surface area contributed by atoms with Gasteiger partial charge in [0.05, 0.1) is 5.69 Å². The Hall–Kier alpha value is -4.00. The van der Waals surface area contributed by atoms with E-state index in [1.54, 1.807) is 36.5 Å². The zero-order valence-electron chi connectivity index (χ0n) is 16.1. The molecule has 0 spiro atoms. The molecular formula is C23H18FN3O3. The van der Waals surface area contributed by atoms with E-state index in [0.717, 1.165) is 5.56 Å². The maximum atomic E-state index is 13.3. The number of carbonyl (C=O) groups excluding carboxylic acids is 1. The number of benzene rings is 2. The molecule has 150 valence electrons. The van der Waals surface area contributed by atoms with E-state index in [9.17, 15) is 14.0 Å². The number of hydrogen-bond acceptors (Lipinski definition) is 4. The van der Waals surface area contributed by atoms with Crippen LogP contribution in [0, 0.1) is 12.7 Å². The fourth-order valence-corrected chi connectivity index (χ4v) is 2.96. The summed E-state index contributed by atoms with van der Waals surface area (Å²) in [5.74, 6) is -0.313. The van der Waals surface area contributed by atoms with Gasteiger partial charge in [0.1, 0.15) is 23.8 Å². The van der Waals surface area contributed by atoms with Crippen LogP contribution in [0.25, 0.3) is 5.65 Å². The van der Waals surface area contributed by atoms with E-state index in [0.29, 0.717) is 22.8 Å². The molecule has 0 fully saturated rings. The summed E-state index contributed by atoms with van der Waals surface area (Å²) in [7, 11) is 0. The molecule has 6 nitrogen and oxygen atoms in total. The van der Waals surface area contributed by atoms with Crippen molar-refractivity contribution < 1.29 is 13.9 Å². The molecule has 0 aliphatic heterocycles. The van der Waals surface area contributed by atoms with E-state index in [4.69, 9.17) is 4.74 Å². The quantitative estimate of drug-likeness (QED) is 0.547. The minimum absolute atomic E-state index is 0.134. The summed E-state index contributed by atoms with van der Waals surface area (Å²) in [6.45, 7) is 2.04. The number of carbonyl (C=O) groups is 1. The predicted molar refractivity (Wildman–Crippen MR) is 111 cm³/mol. The average Bonchev–Trinajstić information content (AvgIpc) is 2.74. The van der Waals surface area contributed by atoms with Crippen molar-refractivity contribution in [2.45, 2.75) is 13.5 Å². The van der Waals surface area contributed by atoms with Gasteiger partial charge in [-0.25, -0.2) is 9.37 Å². The first-order chi connectivity index (χ1) is 14.5. The molecule has 0 bridgehead atoms. The fraction of sp³-hybridized carbons (Fsp3) is 0.0870. The molecule has 0 saturated heterocycles. The molecule has 4 aromatic rings. The van der Waals surface area contributed by atoms with E-state index in [2.05, 4.69) is 10.3 Å². The molecule has 0 atom stereocenters. The zero-order chi connectivity index (χ0) is 21.1. The maximum absolute atomic E-state index is 13.3. The number of ether oxygens (including phenoxy) is 1. The second-order valence-electron chi connectivity index (χ2n) is 6.80. The third kappa shape index (κ3) is 4.35. The van der Waals surface area contributed by atoms with Crippen molar-refractivity contribution in [2.24, 2.45) is 0 Å². The van der Waals surface area contributed by atoms with E-state index in [-0.39, 0.29) is 17.7 Å². The molecule has 0 radical (unpaired) electrons. The molecule has 0 saturated carbocycles. The van der Waals surface area contributed by atoms with Crippen molar-refractivity contribution in [3.63, 3.8) is 0 Å². The summed E-state index contributed by atoms with van der Waals surface area (Å²) in [5.41, 5.74) is 2.67. The number of aryl methyl sites for hydroxylation is 1. The van der Waals surface area contributed by atoms with Gasteiger partial charge in [0.15, 0.2) is 0 Å². The number of pyridine rings is 1. The molecule has 7 heteroatoms. The Morgan fingerprint density at radius 3 is 2.67 bits per heavy atom. The molecular weight excluding hydrogens is 385 g/mol. The van der Waals surface area contributed by atoms with Crippen molar-refractivity contribution >= 4 is 17.2 Å². The van der Waals surface area contributed by atoms with Crippen molar-refractivity contribution in [2.75, 3.05) is 5.32 Å². The summed E-state index contributed by atoms with van der Waals surface area (Å²) < 4.78 is 20.5. The minimum Gasteiger partial charge on any atom is -0.487 e. The van der Waals surface area contributed by atoms with Gasteiger partial charge in [-0.1, -0.05) is 12.1 Å². The topological polar surface area (TPSA) is 72.7 Å². The van der Waals surface area contributed by atoms with Gasteiger partial charge in [-0.3, -0.25) is 14.0 Å². The van der Waals surface area contributed by atoms with Crippen LogP contribution < -0.4 is 15.6 Å². The first-order valence-electron chi connectivity index (χ1n) is 9.27. The van der Waals surface area contributed by atoms with Gasteiger partial charge in [0.25, 0.3) is 11.5 Å². The number of aromatic nitrogens is 2. The number of hydrogen-bond donors (Lipinski definition) is 1. The monoisotopic (exact) mass is 403 g/mol. The molecule has 0 unspecified atom stereocenters. The number of halogens is 1. The van der Waals surface area contributed by atoms with Crippen LogP contribution in [0.1, 0.15) is 21.6 Å². The second-order valence-corrected chi connectivity index (χ2v) is 6.80. The van der Waals surface area contributed by atoms with Crippen LogP contribution in [-0.2, 0) is 6.61 Å². The molecule has 30 heavy (non-hydrogen) atoms. The van der Waals surface area contributed by atoms with Crippen LogP contribution >= 0.6 is 0 Å². The lowest BCUT2D eigenvalue weighted by molar-refractivity contribution is 0.102. The molecule has 0 aliphatic rings. The Morgan fingerprint density at radius 2 is 1.90 bits per heavy atom. The Bertz CT molecular complexity index is 1280. The predicted octanol–water partition coefficient (Wildman–Crippen LogP) is 3.97. The van der Waals surface area contributed by atoms with Crippen molar-refractivity contribution in [1.82, 2.24) is 9.38 Å². The molecule has 1 N–H and O–H groups in total. The van der Waals surface area contributed by atoms with Crippen molar-refractivity contribution in [1.29, 1.82) is 0 Å². The Labute approximate surface area is 171 Å². The summed E-state index contributed by atoms with van der Waals surface area (Å²) in [5, 5.41) is 2.70. The Kier molecular flexibility index (Phi) is 5.26. The highest BCUT2D eigenvalue weighted by molar-refractivity contribution is 6.04. The lowest BCUT2D eigenvalue weighted by atomic mass is 10.2. The highest BCUT2D eigenvalue weighted by atomic mass is 19.1. The fourth-order valence-electron chi connectivity index (χ4n) is 2.96. The van der Waals surface area contributed by atoms with E-state index in [1.165, 1.54) is 34.7 Å². The van der Waals surface area contributed by atoms with Crippen molar-refractivity contribution in [3.8, 4) is 5.75 Å². The SMILES string of the molecule is Cc1ccc2nc(COc3ccc(NC(=O)c4cccc(F)c4)cc3)cc(=O)n2c1. The summed E-state index contributed by atoms with van der Waals surface area (Å²) >= 11 is 0. The summed E-state index contributed by atoms with van der Waals surface area (Å²) in [4.78, 5) is 28.9. The number of rotatable bonds is 5. The number of amides is 1. The van der Waals surface area contributed by atoms with Crippen LogP contribution in [0.15, 0.2) is 77.7 Å². The highest BCUT2D eigenvalue weighted by Crippen LogP contribution is 2.18. The molecule has 2 aromatic heterocycles. The van der Waals surface area contributed by atoms with E-state index in [1.807, 2.05) is 13.0 Å². The normalized spacial score (nSPS) is 10.7. The average molecular weight is 403 g/mol. The summed E-state index contributed by atoms with van der Waals surface area (Å²) in [6.07, 6.45) is 1.74. The van der Waals surface area contributed by atoms with Crippen LogP contribution in [-0.4, -0.2) is 15.3 Å². The first-order valence-corrected chi connectivity index (χ1v) is 9.27. The molecule has 4 rings (SSSR count). The van der Waals surface area contributed by atoms with E-state index < -0.39 is 11.7 Å². The van der Waals surface area contributed by atoms with Crippen LogP contribution in [0.3, 0.4) is 0 Å². The minimum atomic E-state index is -0.469. The van der Waals surface area contributed by atoms with Gasteiger partial charge < -0.3 is 10.1 Å². The Balaban J connectivity index is 1.41. The second kappa shape index (κ2) is 8.16. The molecule has 0 aliphatic carbocycles. The number of anilines is 1. The van der Waals surface area contributed by atoms with Crippen molar-refractivity contribution in [3.05, 3.63) is 106 Å². The van der Waals surface area contributed by atoms with Crippen LogP contribution in [0.2, 0.25) is 0 Å².